The van der Waals surface area contributed by atoms with Crippen molar-refractivity contribution < 1.29 is 0 Å². The molecule has 0 aliphatic heterocycles. The number of nitrogens with one attached hydrogen (secondary N) is 1. The Labute approximate surface area is 125 Å². The number of pyridine rings is 1. The van der Waals surface area contributed by atoms with Gasteiger partial charge in [-0.25, -0.2) is 4.98 Å². The van der Waals surface area contributed by atoms with Gasteiger partial charge in [0.05, 0.1) is 14.9 Å². The van der Waals surface area contributed by atoms with Gasteiger partial charge in [-0.15, -0.1) is 11.3 Å². The Bertz CT molecular complexity index is 631. The molecule has 0 amide bonds. The standard InChI is InChI=1S/C13H11Cl2N3S/c1-2-5-17-13-10(15)6-9(14)12(18-13)11-4-3-8(7-16)19-11/h3-4,6H,2,5H2,1H3,(H,17,18). The van der Waals surface area contributed by atoms with Gasteiger partial charge in [-0.3, -0.25) is 0 Å². The summed E-state index contributed by atoms with van der Waals surface area (Å²) >= 11 is 13.6. The summed E-state index contributed by atoms with van der Waals surface area (Å²) in [7, 11) is 0. The number of nitrogens with zero attached hydrogens (tertiary/aromatic N) is 2. The molecule has 6 heteroatoms. The number of anilines is 1. The molecule has 0 atom stereocenters. The van der Waals surface area contributed by atoms with Crippen LogP contribution in [0.5, 0.6) is 0 Å². The fraction of sp³-hybridized carbons (Fsp3) is 0.231. The fourth-order valence-electron chi connectivity index (χ4n) is 1.53. The molecule has 0 radical (unpaired) electrons. The van der Waals surface area contributed by atoms with Crippen molar-refractivity contribution in [2.24, 2.45) is 0 Å². The molecule has 2 heterocycles. The van der Waals surface area contributed by atoms with Crippen molar-refractivity contribution in [2.75, 3.05) is 11.9 Å². The first-order valence-electron chi connectivity index (χ1n) is 5.76. The van der Waals surface area contributed by atoms with Crippen LogP contribution in [0.2, 0.25) is 10.0 Å². The molecule has 2 aromatic heterocycles. The van der Waals surface area contributed by atoms with Crippen molar-refractivity contribution in [3.63, 3.8) is 0 Å². The molecule has 0 aromatic carbocycles. The number of nitriles is 1. The van der Waals surface area contributed by atoms with E-state index in [1.54, 1.807) is 12.1 Å². The molecule has 1 N–H and O–H groups in total. The first kappa shape index (κ1) is 14.1. The highest BCUT2D eigenvalue weighted by Gasteiger charge is 2.13. The minimum atomic E-state index is 0.485. The monoisotopic (exact) mass is 311 g/mol. The molecule has 19 heavy (non-hydrogen) atoms. The molecule has 0 bridgehead atoms. The lowest BCUT2D eigenvalue weighted by Crippen LogP contribution is -2.03. The van der Waals surface area contributed by atoms with Crippen LogP contribution < -0.4 is 5.32 Å². The Morgan fingerprint density at radius 2 is 2.16 bits per heavy atom. The number of hydrogen-bond donors (Lipinski definition) is 1. The van der Waals surface area contributed by atoms with Crippen molar-refractivity contribution in [1.29, 1.82) is 5.26 Å². The summed E-state index contributed by atoms with van der Waals surface area (Å²) < 4.78 is 0. The van der Waals surface area contributed by atoms with Gasteiger partial charge in [-0.05, 0) is 24.6 Å². The van der Waals surface area contributed by atoms with E-state index in [-0.39, 0.29) is 0 Å². The molecule has 0 aliphatic rings. The zero-order chi connectivity index (χ0) is 13.8. The summed E-state index contributed by atoms with van der Waals surface area (Å²) in [4.78, 5) is 5.94. The lowest BCUT2D eigenvalue weighted by atomic mass is 10.3. The van der Waals surface area contributed by atoms with E-state index in [1.807, 2.05) is 6.07 Å². The zero-order valence-electron chi connectivity index (χ0n) is 10.2. The summed E-state index contributed by atoms with van der Waals surface area (Å²) in [6, 6.07) is 7.38. The Hall–Kier alpha value is -1.28. The predicted octanol–water partition coefficient (Wildman–Crippen LogP) is 4.81. The average Bonchev–Trinajstić information content (AvgIpc) is 2.86. The molecule has 98 valence electrons. The summed E-state index contributed by atoms with van der Waals surface area (Å²) in [6.45, 7) is 2.86. The SMILES string of the molecule is CCCNc1nc(-c2ccc(C#N)s2)c(Cl)cc1Cl. The van der Waals surface area contributed by atoms with Crippen molar-refractivity contribution in [3.05, 3.63) is 33.1 Å². The summed E-state index contributed by atoms with van der Waals surface area (Å²) in [5, 5.41) is 13.0. The van der Waals surface area contributed by atoms with E-state index in [9.17, 15) is 0 Å². The van der Waals surface area contributed by atoms with Gasteiger partial charge in [0, 0.05) is 6.54 Å². The molecular weight excluding hydrogens is 301 g/mol. The van der Waals surface area contributed by atoms with Crippen molar-refractivity contribution in [3.8, 4) is 16.6 Å². The van der Waals surface area contributed by atoms with E-state index in [4.69, 9.17) is 28.5 Å². The molecule has 0 spiro atoms. The number of hydrogen-bond acceptors (Lipinski definition) is 4. The van der Waals surface area contributed by atoms with Gasteiger partial charge in [-0.1, -0.05) is 30.1 Å². The minimum absolute atomic E-state index is 0.485. The van der Waals surface area contributed by atoms with Crippen molar-refractivity contribution >= 4 is 40.4 Å². The predicted molar refractivity (Wildman–Crippen MR) is 81.1 cm³/mol. The van der Waals surface area contributed by atoms with E-state index in [0.29, 0.717) is 26.4 Å². The maximum absolute atomic E-state index is 8.86. The van der Waals surface area contributed by atoms with Crippen LogP contribution in [0.4, 0.5) is 5.82 Å². The van der Waals surface area contributed by atoms with Crippen molar-refractivity contribution in [2.45, 2.75) is 13.3 Å². The Balaban J connectivity index is 2.42. The van der Waals surface area contributed by atoms with Crippen molar-refractivity contribution in [1.82, 2.24) is 4.98 Å². The molecule has 0 fully saturated rings. The van der Waals surface area contributed by atoms with Crippen LogP contribution in [0.15, 0.2) is 18.2 Å². The smallest absolute Gasteiger partial charge is 0.145 e. The second kappa shape index (κ2) is 6.25. The quantitative estimate of drug-likeness (QED) is 0.881. The van der Waals surface area contributed by atoms with E-state index in [2.05, 4.69) is 23.3 Å². The Kier molecular flexibility index (Phi) is 4.65. The van der Waals surface area contributed by atoms with Gasteiger partial charge in [-0.2, -0.15) is 5.26 Å². The fourth-order valence-corrected chi connectivity index (χ4v) is 2.92. The van der Waals surface area contributed by atoms with Crippen LogP contribution in [0, 0.1) is 11.3 Å². The first-order chi connectivity index (χ1) is 9.15. The van der Waals surface area contributed by atoms with Crippen LogP contribution in [-0.2, 0) is 0 Å². The highest BCUT2D eigenvalue weighted by atomic mass is 35.5. The number of thiophene rings is 1. The molecule has 0 unspecified atom stereocenters. The third kappa shape index (κ3) is 3.19. The molecular formula is C13H11Cl2N3S. The van der Waals surface area contributed by atoms with Gasteiger partial charge in [0.2, 0.25) is 0 Å². The third-order valence-electron chi connectivity index (χ3n) is 2.42. The molecule has 2 aromatic rings. The van der Waals surface area contributed by atoms with Crippen LogP contribution in [0.3, 0.4) is 0 Å². The number of aromatic nitrogens is 1. The summed E-state index contributed by atoms with van der Waals surface area (Å²) in [5.41, 5.74) is 0.649. The normalized spacial score (nSPS) is 10.2. The van der Waals surface area contributed by atoms with Crippen LogP contribution in [-0.4, -0.2) is 11.5 Å². The maximum Gasteiger partial charge on any atom is 0.145 e. The Morgan fingerprint density at radius 3 is 2.79 bits per heavy atom. The molecule has 2 rings (SSSR count). The molecule has 0 saturated heterocycles. The number of rotatable bonds is 4. The van der Waals surface area contributed by atoms with E-state index < -0.39 is 0 Å². The summed E-state index contributed by atoms with van der Waals surface area (Å²) in [5.74, 6) is 0.620. The van der Waals surface area contributed by atoms with Gasteiger partial charge in [0.25, 0.3) is 0 Å². The lowest BCUT2D eigenvalue weighted by molar-refractivity contribution is 0.970. The van der Waals surface area contributed by atoms with E-state index in [0.717, 1.165) is 17.8 Å². The van der Waals surface area contributed by atoms with Crippen LogP contribution in [0.25, 0.3) is 10.6 Å². The third-order valence-corrected chi connectivity index (χ3v) is 3.99. The van der Waals surface area contributed by atoms with Crippen LogP contribution >= 0.6 is 34.5 Å². The largest absolute Gasteiger partial charge is 0.369 e. The minimum Gasteiger partial charge on any atom is -0.369 e. The average molecular weight is 312 g/mol. The molecule has 0 aliphatic carbocycles. The van der Waals surface area contributed by atoms with Gasteiger partial charge in [0.1, 0.15) is 22.5 Å². The highest BCUT2D eigenvalue weighted by molar-refractivity contribution is 7.16. The lowest BCUT2D eigenvalue weighted by Gasteiger charge is -2.09. The van der Waals surface area contributed by atoms with E-state index in [1.165, 1.54) is 11.3 Å². The van der Waals surface area contributed by atoms with Gasteiger partial charge >= 0.3 is 0 Å². The number of halogens is 2. The van der Waals surface area contributed by atoms with Crippen LogP contribution in [0.1, 0.15) is 18.2 Å². The second-order valence-electron chi connectivity index (χ2n) is 3.85. The molecule has 0 saturated carbocycles. The Morgan fingerprint density at radius 1 is 1.37 bits per heavy atom. The molecule has 3 nitrogen and oxygen atoms in total. The first-order valence-corrected chi connectivity index (χ1v) is 7.33. The summed E-state index contributed by atoms with van der Waals surface area (Å²) in [6.07, 6.45) is 0.980. The van der Waals surface area contributed by atoms with Gasteiger partial charge in [0.15, 0.2) is 0 Å². The van der Waals surface area contributed by atoms with E-state index >= 15 is 0 Å². The maximum atomic E-state index is 8.86. The zero-order valence-corrected chi connectivity index (χ0v) is 12.5. The van der Waals surface area contributed by atoms with Gasteiger partial charge < -0.3 is 5.32 Å². The second-order valence-corrected chi connectivity index (χ2v) is 5.75. The topological polar surface area (TPSA) is 48.7 Å². The highest BCUT2D eigenvalue weighted by Crippen LogP contribution is 2.35.